The highest BCUT2D eigenvalue weighted by Crippen LogP contribution is 2.47. The van der Waals surface area contributed by atoms with Gasteiger partial charge >= 0.3 is 0 Å². The van der Waals surface area contributed by atoms with E-state index >= 15 is 0 Å². The van der Waals surface area contributed by atoms with Crippen LogP contribution < -0.4 is 0 Å². The Morgan fingerprint density at radius 2 is 1.93 bits per heavy atom. The van der Waals surface area contributed by atoms with Crippen LogP contribution in [0.25, 0.3) is 0 Å². The Morgan fingerprint density at radius 3 is 2.70 bits per heavy atom. The topological polar surface area (TPSA) is 50.1 Å². The Labute approximate surface area is 157 Å². The van der Waals surface area contributed by atoms with Gasteiger partial charge in [-0.3, -0.25) is 9.80 Å². The second kappa shape index (κ2) is 6.91. The standard InChI is InChI=1S/C19H24F2N6/c20-16-4-1-3-14(17(16)21)15-11-26(7-2-8-27-12-22-23-24-27)18-13-5-9-25(10-6-13)19(15)18/h1,3-4,12-13,15,18-19H,2,5-11H2/t15-,18+,19+/m0/s1. The van der Waals surface area contributed by atoms with E-state index < -0.39 is 11.6 Å². The normalized spacial score (nSPS) is 32.7. The number of likely N-dealkylation sites (tertiary alicyclic amines) is 1. The summed E-state index contributed by atoms with van der Waals surface area (Å²) in [5, 5.41) is 11.3. The first-order chi connectivity index (χ1) is 13.2. The highest BCUT2D eigenvalue weighted by atomic mass is 19.2. The van der Waals surface area contributed by atoms with E-state index in [1.807, 2.05) is 0 Å². The van der Waals surface area contributed by atoms with Gasteiger partial charge in [-0.05, 0) is 60.3 Å². The van der Waals surface area contributed by atoms with E-state index in [2.05, 4.69) is 25.3 Å². The minimum atomic E-state index is -0.739. The van der Waals surface area contributed by atoms with Gasteiger partial charge in [0, 0.05) is 37.6 Å². The molecule has 0 spiro atoms. The van der Waals surface area contributed by atoms with Gasteiger partial charge in [-0.15, -0.1) is 5.10 Å². The highest BCUT2D eigenvalue weighted by molar-refractivity contribution is 5.29. The van der Waals surface area contributed by atoms with Gasteiger partial charge < -0.3 is 0 Å². The molecule has 0 aliphatic carbocycles. The quantitative estimate of drug-likeness (QED) is 0.800. The maximum atomic E-state index is 14.6. The van der Waals surface area contributed by atoms with Crippen molar-refractivity contribution in [1.29, 1.82) is 0 Å². The summed E-state index contributed by atoms with van der Waals surface area (Å²) in [6.07, 6.45) is 5.00. The summed E-state index contributed by atoms with van der Waals surface area (Å²) in [7, 11) is 0. The first kappa shape index (κ1) is 17.2. The highest BCUT2D eigenvalue weighted by Gasteiger charge is 2.53. The zero-order valence-corrected chi connectivity index (χ0v) is 15.2. The number of nitrogens with zero attached hydrogens (tertiary/aromatic N) is 6. The van der Waals surface area contributed by atoms with Gasteiger partial charge in [-0.1, -0.05) is 12.1 Å². The van der Waals surface area contributed by atoms with Crippen molar-refractivity contribution >= 4 is 0 Å². The van der Waals surface area contributed by atoms with Crippen LogP contribution in [-0.4, -0.2) is 68.3 Å². The summed E-state index contributed by atoms with van der Waals surface area (Å²) in [4.78, 5) is 5.03. The fourth-order valence-electron chi connectivity index (χ4n) is 5.59. The third-order valence-corrected chi connectivity index (χ3v) is 6.70. The van der Waals surface area contributed by atoms with Crippen LogP contribution in [0.5, 0.6) is 0 Å². The molecule has 0 radical (unpaired) electrons. The molecular formula is C19H24F2N6. The van der Waals surface area contributed by atoms with Crippen molar-refractivity contribution < 1.29 is 8.78 Å². The van der Waals surface area contributed by atoms with Crippen LogP contribution in [0.3, 0.4) is 0 Å². The lowest BCUT2D eigenvalue weighted by atomic mass is 9.75. The summed E-state index contributed by atoms with van der Waals surface area (Å²) < 4.78 is 30.2. The van der Waals surface area contributed by atoms with E-state index in [1.165, 1.54) is 18.9 Å². The molecule has 1 aromatic carbocycles. The number of benzene rings is 1. The van der Waals surface area contributed by atoms with Crippen molar-refractivity contribution in [3.05, 3.63) is 41.7 Å². The molecule has 2 aromatic rings. The van der Waals surface area contributed by atoms with Gasteiger partial charge in [-0.25, -0.2) is 13.5 Å². The molecule has 1 aromatic heterocycles. The van der Waals surface area contributed by atoms with Gasteiger partial charge in [0.05, 0.1) is 0 Å². The van der Waals surface area contributed by atoms with Gasteiger partial charge in [-0.2, -0.15) is 0 Å². The SMILES string of the molecule is Fc1cccc([C@@H]2CN(CCCn3cnnn3)[C@@H]3C4CCN(CC4)[C@@H]32)c1F. The molecule has 3 atom stereocenters. The Balaban J connectivity index is 1.39. The maximum Gasteiger partial charge on any atom is 0.162 e. The molecule has 27 heavy (non-hydrogen) atoms. The predicted octanol–water partition coefficient (Wildman–Crippen LogP) is 1.90. The molecule has 0 unspecified atom stereocenters. The first-order valence-electron chi connectivity index (χ1n) is 9.85. The van der Waals surface area contributed by atoms with Gasteiger partial charge in [0.25, 0.3) is 0 Å². The molecule has 0 amide bonds. The van der Waals surface area contributed by atoms with E-state index in [1.54, 1.807) is 23.1 Å². The maximum absolute atomic E-state index is 14.6. The van der Waals surface area contributed by atoms with Crippen LogP contribution in [0.4, 0.5) is 8.78 Å². The van der Waals surface area contributed by atoms with Crippen LogP contribution in [0.15, 0.2) is 24.5 Å². The summed E-state index contributed by atoms with van der Waals surface area (Å²) in [6.45, 7) is 4.65. The second-order valence-electron chi connectivity index (χ2n) is 8.03. The van der Waals surface area contributed by atoms with E-state index in [0.29, 0.717) is 23.6 Å². The Kier molecular flexibility index (Phi) is 4.40. The Bertz CT molecular complexity index is 790. The number of fused-ring (bicyclic) bond motifs is 2. The average Bonchev–Trinajstić information content (AvgIpc) is 3.34. The zero-order valence-electron chi connectivity index (χ0n) is 15.2. The largest absolute Gasteiger partial charge is 0.298 e. The molecule has 6 nitrogen and oxygen atoms in total. The third-order valence-electron chi connectivity index (χ3n) is 6.70. The van der Waals surface area contributed by atoms with Crippen molar-refractivity contribution in [2.45, 2.75) is 43.8 Å². The molecule has 4 saturated heterocycles. The molecule has 4 aliphatic rings. The van der Waals surface area contributed by atoms with Crippen LogP contribution in [0.2, 0.25) is 0 Å². The van der Waals surface area contributed by atoms with E-state index in [-0.39, 0.29) is 5.92 Å². The van der Waals surface area contributed by atoms with Crippen LogP contribution in [0.1, 0.15) is 30.7 Å². The summed E-state index contributed by atoms with van der Waals surface area (Å²) >= 11 is 0. The summed E-state index contributed by atoms with van der Waals surface area (Å²) in [5.41, 5.74) is 0.542. The van der Waals surface area contributed by atoms with Crippen molar-refractivity contribution in [3.8, 4) is 0 Å². The van der Waals surface area contributed by atoms with E-state index in [0.717, 1.165) is 39.1 Å². The van der Waals surface area contributed by atoms with Gasteiger partial charge in [0.1, 0.15) is 6.33 Å². The van der Waals surface area contributed by atoms with Crippen molar-refractivity contribution in [2.24, 2.45) is 5.92 Å². The molecular weight excluding hydrogens is 350 g/mol. The summed E-state index contributed by atoms with van der Waals surface area (Å²) in [5.74, 6) is -0.715. The zero-order chi connectivity index (χ0) is 18.4. The minimum Gasteiger partial charge on any atom is -0.298 e. The molecule has 144 valence electrons. The van der Waals surface area contributed by atoms with Gasteiger partial charge in [0.2, 0.25) is 0 Å². The van der Waals surface area contributed by atoms with Gasteiger partial charge in [0.15, 0.2) is 11.6 Å². The average molecular weight is 374 g/mol. The molecule has 4 fully saturated rings. The monoisotopic (exact) mass is 374 g/mol. The van der Waals surface area contributed by atoms with Crippen LogP contribution in [-0.2, 0) is 6.54 Å². The molecule has 5 heterocycles. The third kappa shape index (κ3) is 2.95. The second-order valence-corrected chi connectivity index (χ2v) is 8.03. The van der Waals surface area contributed by atoms with E-state index in [4.69, 9.17) is 0 Å². The summed E-state index contributed by atoms with van der Waals surface area (Å²) in [6, 6.07) is 5.35. The molecule has 2 bridgehead atoms. The molecule has 0 saturated carbocycles. The Hall–Kier alpha value is -1.93. The number of tetrazole rings is 1. The fraction of sp³-hybridized carbons (Fsp3) is 0.632. The molecule has 8 heteroatoms. The number of rotatable bonds is 5. The number of halogens is 2. The lowest BCUT2D eigenvalue weighted by molar-refractivity contribution is -0.00718. The number of hydrogen-bond donors (Lipinski definition) is 0. The van der Waals surface area contributed by atoms with Crippen molar-refractivity contribution in [3.63, 3.8) is 0 Å². The number of aryl methyl sites for hydroxylation is 1. The number of aromatic nitrogens is 4. The molecule has 0 N–H and O–H groups in total. The lowest BCUT2D eigenvalue weighted by Crippen LogP contribution is -2.60. The minimum absolute atomic E-state index is 0.0295. The smallest absolute Gasteiger partial charge is 0.162 e. The predicted molar refractivity (Wildman–Crippen MR) is 95.0 cm³/mol. The lowest BCUT2D eigenvalue weighted by Gasteiger charge is -2.51. The first-order valence-corrected chi connectivity index (χ1v) is 9.85. The Morgan fingerprint density at radius 1 is 1.07 bits per heavy atom. The fourth-order valence-corrected chi connectivity index (χ4v) is 5.59. The van der Waals surface area contributed by atoms with E-state index in [9.17, 15) is 8.78 Å². The molecule has 6 rings (SSSR count). The van der Waals surface area contributed by atoms with Crippen molar-refractivity contribution in [1.82, 2.24) is 30.0 Å². The molecule has 4 aliphatic heterocycles. The van der Waals surface area contributed by atoms with Crippen molar-refractivity contribution in [2.75, 3.05) is 26.2 Å². The van der Waals surface area contributed by atoms with Crippen LogP contribution >= 0.6 is 0 Å². The number of hydrogen-bond acceptors (Lipinski definition) is 5. The van der Waals surface area contributed by atoms with Crippen LogP contribution in [0, 0.1) is 17.6 Å². The number of piperidine rings is 3.